The average molecular weight is 321 g/mol. The van der Waals surface area contributed by atoms with Crippen molar-refractivity contribution >= 4 is 26.8 Å². The molecule has 6 nitrogen and oxygen atoms in total. The Morgan fingerprint density at radius 2 is 2.09 bits per heavy atom. The van der Waals surface area contributed by atoms with Crippen molar-refractivity contribution in [2.75, 3.05) is 44.2 Å². The third-order valence-electron chi connectivity index (χ3n) is 4.66. The van der Waals surface area contributed by atoms with E-state index in [1.54, 1.807) is 11.3 Å². The molecule has 0 spiro atoms. The minimum atomic E-state index is 0.461. The van der Waals surface area contributed by atoms with Gasteiger partial charge in [0, 0.05) is 46.4 Å². The molecular formula is C15H23N5OS. The first-order valence-corrected chi connectivity index (χ1v) is 8.91. The first-order chi connectivity index (χ1) is 10.7. The minimum absolute atomic E-state index is 0.461. The SMILES string of the molecule is Cc1nn(C)c2nc(N3CCN(CC4CCCO4)CC3)sc12. The number of nitrogens with zero attached hydrogens (tertiary/aromatic N) is 5. The van der Waals surface area contributed by atoms with Crippen molar-refractivity contribution in [2.24, 2.45) is 7.05 Å². The van der Waals surface area contributed by atoms with Crippen LogP contribution in [0.15, 0.2) is 0 Å². The molecule has 22 heavy (non-hydrogen) atoms. The number of hydrogen-bond acceptors (Lipinski definition) is 6. The van der Waals surface area contributed by atoms with Gasteiger partial charge in [-0.1, -0.05) is 11.3 Å². The van der Waals surface area contributed by atoms with E-state index in [0.29, 0.717) is 6.10 Å². The summed E-state index contributed by atoms with van der Waals surface area (Å²) in [7, 11) is 1.97. The average Bonchev–Trinajstić information content (AvgIpc) is 3.21. The number of fused-ring (bicyclic) bond motifs is 1. The van der Waals surface area contributed by atoms with E-state index in [4.69, 9.17) is 9.72 Å². The largest absolute Gasteiger partial charge is 0.377 e. The van der Waals surface area contributed by atoms with Crippen LogP contribution in [0.5, 0.6) is 0 Å². The summed E-state index contributed by atoms with van der Waals surface area (Å²) >= 11 is 1.77. The zero-order chi connectivity index (χ0) is 15.1. The predicted octanol–water partition coefficient (Wildman–Crippen LogP) is 1.64. The highest BCUT2D eigenvalue weighted by Gasteiger charge is 2.24. The molecule has 1 unspecified atom stereocenters. The van der Waals surface area contributed by atoms with Crippen molar-refractivity contribution in [2.45, 2.75) is 25.9 Å². The van der Waals surface area contributed by atoms with E-state index in [1.165, 1.54) is 17.5 Å². The Morgan fingerprint density at radius 3 is 2.77 bits per heavy atom. The number of thiazole rings is 1. The van der Waals surface area contributed by atoms with Crippen molar-refractivity contribution in [3.8, 4) is 0 Å². The second kappa shape index (κ2) is 5.79. The summed E-state index contributed by atoms with van der Waals surface area (Å²) in [5.41, 5.74) is 2.09. The van der Waals surface area contributed by atoms with E-state index >= 15 is 0 Å². The molecular weight excluding hydrogens is 298 g/mol. The van der Waals surface area contributed by atoms with Gasteiger partial charge in [0.1, 0.15) is 0 Å². The highest BCUT2D eigenvalue weighted by molar-refractivity contribution is 7.22. The second-order valence-electron chi connectivity index (χ2n) is 6.28. The molecule has 0 aromatic carbocycles. The normalized spacial score (nSPS) is 23.7. The molecule has 2 fully saturated rings. The van der Waals surface area contributed by atoms with E-state index in [2.05, 4.69) is 21.8 Å². The molecule has 1 atom stereocenters. The van der Waals surface area contributed by atoms with E-state index in [-0.39, 0.29) is 0 Å². The van der Waals surface area contributed by atoms with Crippen LogP contribution in [-0.4, -0.2) is 65.1 Å². The third-order valence-corrected chi connectivity index (χ3v) is 5.88. The molecule has 0 radical (unpaired) electrons. The summed E-state index contributed by atoms with van der Waals surface area (Å²) in [6, 6.07) is 0. The topological polar surface area (TPSA) is 46.4 Å². The number of ether oxygens (including phenoxy) is 1. The number of anilines is 1. The van der Waals surface area contributed by atoms with E-state index in [0.717, 1.165) is 55.8 Å². The molecule has 0 N–H and O–H groups in total. The first kappa shape index (κ1) is 14.4. The van der Waals surface area contributed by atoms with Gasteiger partial charge in [0.2, 0.25) is 0 Å². The number of aromatic nitrogens is 3. The van der Waals surface area contributed by atoms with Gasteiger partial charge in [-0.15, -0.1) is 0 Å². The fourth-order valence-corrected chi connectivity index (χ4v) is 4.49. The fraction of sp³-hybridized carbons (Fsp3) is 0.733. The van der Waals surface area contributed by atoms with Gasteiger partial charge in [-0.3, -0.25) is 4.90 Å². The first-order valence-electron chi connectivity index (χ1n) is 8.10. The van der Waals surface area contributed by atoms with Crippen molar-refractivity contribution in [1.29, 1.82) is 0 Å². The van der Waals surface area contributed by atoms with Crippen LogP contribution in [0, 0.1) is 6.92 Å². The van der Waals surface area contributed by atoms with Gasteiger partial charge in [-0.2, -0.15) is 5.10 Å². The number of rotatable bonds is 3. The molecule has 0 aliphatic carbocycles. The summed E-state index contributed by atoms with van der Waals surface area (Å²) in [5.74, 6) is 0. The van der Waals surface area contributed by atoms with Crippen molar-refractivity contribution in [3.05, 3.63) is 5.69 Å². The highest BCUT2D eigenvalue weighted by atomic mass is 32.1. The summed E-state index contributed by atoms with van der Waals surface area (Å²) in [6.07, 6.45) is 2.91. The Kier molecular flexibility index (Phi) is 3.79. The summed E-state index contributed by atoms with van der Waals surface area (Å²) < 4.78 is 8.86. The smallest absolute Gasteiger partial charge is 0.188 e. The van der Waals surface area contributed by atoms with Crippen molar-refractivity contribution < 1.29 is 4.74 Å². The molecule has 2 saturated heterocycles. The maximum absolute atomic E-state index is 5.75. The molecule has 2 aromatic rings. The molecule has 0 bridgehead atoms. The molecule has 2 aliphatic rings. The lowest BCUT2D eigenvalue weighted by atomic mass is 10.2. The maximum atomic E-state index is 5.75. The minimum Gasteiger partial charge on any atom is -0.377 e. The van der Waals surface area contributed by atoms with Crippen LogP contribution in [0.25, 0.3) is 10.3 Å². The molecule has 4 rings (SSSR count). The van der Waals surface area contributed by atoms with E-state index < -0.39 is 0 Å². The van der Waals surface area contributed by atoms with Crippen LogP contribution >= 0.6 is 11.3 Å². The highest BCUT2D eigenvalue weighted by Crippen LogP contribution is 2.31. The number of hydrogen-bond donors (Lipinski definition) is 0. The van der Waals surface area contributed by atoms with Crippen molar-refractivity contribution in [3.63, 3.8) is 0 Å². The fourth-order valence-electron chi connectivity index (χ4n) is 3.41. The second-order valence-corrected chi connectivity index (χ2v) is 7.26. The van der Waals surface area contributed by atoms with Crippen LogP contribution < -0.4 is 4.90 Å². The summed E-state index contributed by atoms with van der Waals surface area (Å²) in [5, 5.41) is 5.57. The third kappa shape index (κ3) is 2.61. The van der Waals surface area contributed by atoms with Gasteiger partial charge < -0.3 is 9.64 Å². The lowest BCUT2D eigenvalue weighted by Crippen LogP contribution is -2.48. The van der Waals surface area contributed by atoms with E-state index in [9.17, 15) is 0 Å². The monoisotopic (exact) mass is 321 g/mol. The quantitative estimate of drug-likeness (QED) is 0.860. The molecule has 2 aromatic heterocycles. The maximum Gasteiger partial charge on any atom is 0.188 e. The van der Waals surface area contributed by atoms with Crippen LogP contribution in [0.4, 0.5) is 5.13 Å². The number of piperazine rings is 1. The lowest BCUT2D eigenvalue weighted by molar-refractivity contribution is 0.0713. The Balaban J connectivity index is 1.40. The van der Waals surface area contributed by atoms with Crippen LogP contribution in [0.2, 0.25) is 0 Å². The van der Waals surface area contributed by atoms with Gasteiger partial charge >= 0.3 is 0 Å². The zero-order valence-corrected chi connectivity index (χ0v) is 14.1. The van der Waals surface area contributed by atoms with E-state index in [1.807, 2.05) is 11.7 Å². The Hall–Kier alpha value is -1.18. The Morgan fingerprint density at radius 1 is 1.27 bits per heavy atom. The molecule has 7 heteroatoms. The Bertz CT molecular complexity index is 618. The van der Waals surface area contributed by atoms with Crippen molar-refractivity contribution in [1.82, 2.24) is 19.7 Å². The van der Waals surface area contributed by atoms with Gasteiger partial charge in [0.15, 0.2) is 10.8 Å². The van der Waals surface area contributed by atoms with Crippen LogP contribution in [-0.2, 0) is 11.8 Å². The number of aryl methyl sites for hydroxylation is 2. The Labute approximate surface area is 134 Å². The molecule has 2 aliphatic heterocycles. The predicted molar refractivity (Wildman–Crippen MR) is 88.8 cm³/mol. The standard InChI is InChI=1S/C15H23N5OS/c1-11-13-14(18(2)17-11)16-15(22-13)20-7-5-19(6-8-20)10-12-4-3-9-21-12/h12H,3-10H2,1-2H3. The molecule has 0 amide bonds. The lowest BCUT2D eigenvalue weighted by Gasteiger charge is -2.35. The van der Waals surface area contributed by atoms with Gasteiger partial charge in [0.25, 0.3) is 0 Å². The van der Waals surface area contributed by atoms with Crippen LogP contribution in [0.1, 0.15) is 18.5 Å². The van der Waals surface area contributed by atoms with Gasteiger partial charge in [-0.25, -0.2) is 9.67 Å². The molecule has 0 saturated carbocycles. The molecule has 120 valence electrons. The summed E-state index contributed by atoms with van der Waals surface area (Å²) in [6.45, 7) is 8.42. The van der Waals surface area contributed by atoms with Gasteiger partial charge in [0.05, 0.1) is 16.5 Å². The summed E-state index contributed by atoms with van der Waals surface area (Å²) in [4.78, 5) is 9.73. The molecule has 4 heterocycles. The zero-order valence-electron chi connectivity index (χ0n) is 13.3. The van der Waals surface area contributed by atoms with Crippen LogP contribution in [0.3, 0.4) is 0 Å². The van der Waals surface area contributed by atoms with Gasteiger partial charge in [-0.05, 0) is 19.8 Å².